The Balaban J connectivity index is 1.42. The van der Waals surface area contributed by atoms with Gasteiger partial charge in [0.05, 0.1) is 21.7 Å². The maximum absolute atomic E-state index is 13.5. The molecule has 0 unspecified atom stereocenters. The van der Waals surface area contributed by atoms with Gasteiger partial charge in [-0.3, -0.25) is 4.79 Å². The van der Waals surface area contributed by atoms with Crippen molar-refractivity contribution in [3.8, 4) is 11.3 Å². The third-order valence-electron chi connectivity index (χ3n) is 6.25. The third-order valence-corrected chi connectivity index (χ3v) is 7.59. The highest BCUT2D eigenvalue weighted by Crippen LogP contribution is 2.28. The van der Waals surface area contributed by atoms with Gasteiger partial charge in [0.1, 0.15) is 0 Å². The number of nitrogens with one attached hydrogen (secondary N) is 2. The van der Waals surface area contributed by atoms with E-state index in [2.05, 4.69) is 26.1 Å². The van der Waals surface area contributed by atoms with Crippen molar-refractivity contribution in [2.45, 2.75) is 32.6 Å². The molecule has 0 saturated carbocycles. The lowest BCUT2D eigenvalue weighted by molar-refractivity contribution is 0.102. The number of aromatic nitrogens is 3. The van der Waals surface area contributed by atoms with Gasteiger partial charge < -0.3 is 5.32 Å². The van der Waals surface area contributed by atoms with Crippen LogP contribution in [0.25, 0.3) is 22.2 Å². The molecule has 0 aliphatic rings. The van der Waals surface area contributed by atoms with Gasteiger partial charge in [0.15, 0.2) is 0 Å². The minimum absolute atomic E-state index is 0.00839. The van der Waals surface area contributed by atoms with E-state index in [4.69, 9.17) is 4.98 Å². The molecule has 0 bridgehead atoms. The van der Waals surface area contributed by atoms with Crippen molar-refractivity contribution >= 4 is 38.5 Å². The molecule has 0 saturated heterocycles. The number of para-hydroxylation sites is 1. The summed E-state index contributed by atoms with van der Waals surface area (Å²) in [6.07, 6.45) is 0. The normalized spacial score (nSPS) is 11.4. The van der Waals surface area contributed by atoms with E-state index in [1.807, 2.05) is 50.2 Å². The van der Waals surface area contributed by atoms with Crippen LogP contribution < -0.4 is 10.0 Å². The molecule has 0 aliphatic heterocycles. The highest BCUT2D eigenvalue weighted by Gasteiger charge is 2.18. The number of pyridine rings is 1. The number of nitrogens with zero attached hydrogens (tertiary/aromatic N) is 3. The van der Waals surface area contributed by atoms with E-state index in [-0.39, 0.29) is 16.8 Å². The Bertz CT molecular complexity index is 1810. The summed E-state index contributed by atoms with van der Waals surface area (Å²) in [7, 11) is -3.91. The van der Waals surface area contributed by atoms with E-state index >= 15 is 0 Å². The highest BCUT2D eigenvalue weighted by atomic mass is 32.2. The molecule has 5 aromatic rings. The second-order valence-corrected chi connectivity index (χ2v) is 11.1. The van der Waals surface area contributed by atoms with Crippen molar-refractivity contribution < 1.29 is 13.2 Å². The van der Waals surface area contributed by atoms with E-state index in [0.717, 1.165) is 22.1 Å². The van der Waals surface area contributed by atoms with Crippen molar-refractivity contribution in [1.82, 2.24) is 15.0 Å². The molecular formula is C30H27N5O3S. The molecule has 0 fully saturated rings. The predicted molar refractivity (Wildman–Crippen MR) is 153 cm³/mol. The molecule has 196 valence electrons. The third kappa shape index (κ3) is 5.63. The molecule has 3 aromatic carbocycles. The molecule has 5 rings (SSSR count). The number of amides is 1. The molecule has 0 radical (unpaired) electrons. The Hall–Kier alpha value is -4.63. The first-order chi connectivity index (χ1) is 18.6. The summed E-state index contributed by atoms with van der Waals surface area (Å²) >= 11 is 0. The molecule has 39 heavy (non-hydrogen) atoms. The molecule has 2 N–H and O–H groups in total. The fourth-order valence-corrected chi connectivity index (χ4v) is 5.41. The molecule has 2 heterocycles. The van der Waals surface area contributed by atoms with Crippen molar-refractivity contribution in [2.75, 3.05) is 10.0 Å². The summed E-state index contributed by atoms with van der Waals surface area (Å²) in [6.45, 7) is 7.59. The number of sulfonamides is 1. The number of carbonyl (C=O) groups is 1. The lowest BCUT2D eigenvalue weighted by Gasteiger charge is -2.13. The monoisotopic (exact) mass is 537 g/mol. The van der Waals surface area contributed by atoms with Crippen LogP contribution >= 0.6 is 0 Å². The Labute approximate surface area is 227 Å². The van der Waals surface area contributed by atoms with Gasteiger partial charge >= 0.3 is 0 Å². The number of hydrogen-bond donors (Lipinski definition) is 2. The zero-order chi connectivity index (χ0) is 27.7. The van der Waals surface area contributed by atoms with Gasteiger partial charge in [0.2, 0.25) is 5.95 Å². The first-order valence-electron chi connectivity index (χ1n) is 12.3. The Morgan fingerprint density at radius 1 is 0.769 bits per heavy atom. The average Bonchev–Trinajstić information content (AvgIpc) is 2.87. The number of carbonyl (C=O) groups excluding carboxylic acids is 1. The van der Waals surface area contributed by atoms with Crippen molar-refractivity contribution in [3.05, 3.63) is 107 Å². The molecule has 0 atom stereocenters. The molecule has 9 heteroatoms. The summed E-state index contributed by atoms with van der Waals surface area (Å²) < 4.78 is 28.1. The zero-order valence-corrected chi connectivity index (χ0v) is 22.8. The lowest BCUT2D eigenvalue weighted by Crippen LogP contribution is -2.16. The van der Waals surface area contributed by atoms with Gasteiger partial charge in [-0.1, -0.05) is 42.0 Å². The van der Waals surface area contributed by atoms with E-state index in [1.165, 1.54) is 12.1 Å². The lowest BCUT2D eigenvalue weighted by atomic mass is 9.99. The second-order valence-electron chi connectivity index (χ2n) is 9.45. The van der Waals surface area contributed by atoms with Crippen LogP contribution in [0, 0.1) is 27.7 Å². The summed E-state index contributed by atoms with van der Waals surface area (Å²) in [6, 6.07) is 23.1. The molecule has 2 aromatic heterocycles. The summed E-state index contributed by atoms with van der Waals surface area (Å²) in [5.41, 5.74) is 6.83. The zero-order valence-electron chi connectivity index (χ0n) is 22.0. The van der Waals surface area contributed by atoms with E-state index in [9.17, 15) is 13.2 Å². The minimum Gasteiger partial charge on any atom is -0.322 e. The number of anilines is 2. The molecule has 1 amide bonds. The fourth-order valence-electron chi connectivity index (χ4n) is 4.47. The van der Waals surface area contributed by atoms with Gasteiger partial charge in [0, 0.05) is 28.0 Å². The van der Waals surface area contributed by atoms with Crippen LogP contribution in [0.1, 0.15) is 32.9 Å². The summed E-state index contributed by atoms with van der Waals surface area (Å²) in [4.78, 5) is 26.6. The van der Waals surface area contributed by atoms with Gasteiger partial charge in [0.25, 0.3) is 15.9 Å². The van der Waals surface area contributed by atoms with Crippen molar-refractivity contribution in [3.63, 3.8) is 0 Å². The highest BCUT2D eigenvalue weighted by molar-refractivity contribution is 7.92. The standard InChI is InChI=1S/C30H27N5O3S/c1-18-9-14-24(19(2)15-18)28-17-26(25-7-5-6-8-27(25)34-28)29(36)33-22-10-12-23(13-11-22)39(37,38)35-30-31-20(3)16-21(4)32-30/h5-17H,1-4H3,(H,33,36)(H,31,32,35). The topological polar surface area (TPSA) is 114 Å². The van der Waals surface area contributed by atoms with Crippen LogP contribution in [0.3, 0.4) is 0 Å². The number of benzene rings is 3. The molecule has 8 nitrogen and oxygen atoms in total. The van der Waals surface area contributed by atoms with Gasteiger partial charge in [-0.05, 0) is 75.7 Å². The fraction of sp³-hybridized carbons (Fsp3) is 0.133. The maximum atomic E-state index is 13.5. The summed E-state index contributed by atoms with van der Waals surface area (Å²) in [5.74, 6) is -0.314. The van der Waals surface area contributed by atoms with Gasteiger partial charge in [-0.2, -0.15) is 0 Å². The van der Waals surface area contributed by atoms with Gasteiger partial charge in [-0.15, -0.1) is 0 Å². The van der Waals surface area contributed by atoms with E-state index < -0.39 is 10.0 Å². The molecular weight excluding hydrogens is 510 g/mol. The van der Waals surface area contributed by atoms with Crippen LogP contribution in [0.4, 0.5) is 11.6 Å². The van der Waals surface area contributed by atoms with Crippen molar-refractivity contribution in [1.29, 1.82) is 0 Å². The Morgan fingerprint density at radius 2 is 1.46 bits per heavy atom. The first-order valence-corrected chi connectivity index (χ1v) is 13.8. The number of hydrogen-bond acceptors (Lipinski definition) is 6. The SMILES string of the molecule is Cc1ccc(-c2cc(C(=O)Nc3ccc(S(=O)(=O)Nc4nc(C)cc(C)n4)cc3)c3ccccc3n2)c(C)c1. The summed E-state index contributed by atoms with van der Waals surface area (Å²) in [5, 5.41) is 3.61. The second kappa shape index (κ2) is 10.3. The van der Waals surface area contributed by atoms with E-state index in [1.54, 1.807) is 38.1 Å². The Morgan fingerprint density at radius 3 is 2.15 bits per heavy atom. The first kappa shape index (κ1) is 26.0. The average molecular weight is 538 g/mol. The number of fused-ring (bicyclic) bond motifs is 1. The maximum Gasteiger partial charge on any atom is 0.264 e. The van der Waals surface area contributed by atoms with Crippen LogP contribution in [0.5, 0.6) is 0 Å². The quantitative estimate of drug-likeness (QED) is 0.275. The largest absolute Gasteiger partial charge is 0.322 e. The number of aryl methyl sites for hydroxylation is 4. The van der Waals surface area contributed by atoms with Crippen LogP contribution in [0.15, 0.2) is 83.8 Å². The minimum atomic E-state index is -3.91. The Kier molecular flexibility index (Phi) is 6.84. The number of rotatable bonds is 6. The predicted octanol–water partition coefficient (Wildman–Crippen LogP) is 5.98. The van der Waals surface area contributed by atoms with E-state index in [0.29, 0.717) is 33.8 Å². The van der Waals surface area contributed by atoms with Crippen molar-refractivity contribution in [2.24, 2.45) is 0 Å². The smallest absolute Gasteiger partial charge is 0.264 e. The van der Waals surface area contributed by atoms with Crippen LogP contribution in [-0.2, 0) is 10.0 Å². The van der Waals surface area contributed by atoms with Crippen LogP contribution in [-0.4, -0.2) is 29.3 Å². The van der Waals surface area contributed by atoms with Crippen LogP contribution in [0.2, 0.25) is 0 Å². The van der Waals surface area contributed by atoms with Gasteiger partial charge in [-0.25, -0.2) is 28.1 Å². The molecule has 0 spiro atoms. The molecule has 0 aliphatic carbocycles.